The van der Waals surface area contributed by atoms with Gasteiger partial charge in [-0.3, -0.25) is 14.3 Å². The van der Waals surface area contributed by atoms with Gasteiger partial charge in [-0.25, -0.2) is 0 Å². The molecule has 168 valence electrons. The first-order valence-corrected chi connectivity index (χ1v) is 12.3. The number of thioether (sulfide) groups is 1. The summed E-state index contributed by atoms with van der Waals surface area (Å²) >= 11 is 1.49. The van der Waals surface area contributed by atoms with Crippen LogP contribution >= 0.6 is 11.8 Å². The van der Waals surface area contributed by atoms with E-state index in [4.69, 9.17) is 0 Å². The van der Waals surface area contributed by atoms with Crippen LogP contribution in [0, 0.1) is 13.8 Å². The number of carbonyl (C=O) groups is 1. The number of aromatic nitrogens is 4. The van der Waals surface area contributed by atoms with Gasteiger partial charge in [0, 0.05) is 30.5 Å². The van der Waals surface area contributed by atoms with Crippen LogP contribution in [-0.4, -0.2) is 48.4 Å². The summed E-state index contributed by atoms with van der Waals surface area (Å²) in [6, 6.07) is 10.6. The largest absolute Gasteiger partial charge is 0.339 e. The number of aryl methyl sites for hydroxylation is 2. The average molecular weight is 450 g/mol. The molecule has 1 aromatic carbocycles. The maximum Gasteiger partial charge on any atom is 0.236 e. The lowest BCUT2D eigenvalue weighted by Crippen LogP contribution is -2.46. The Morgan fingerprint density at radius 1 is 1.12 bits per heavy atom. The number of hydrogen-bond donors (Lipinski definition) is 0. The van der Waals surface area contributed by atoms with Crippen LogP contribution in [0.3, 0.4) is 0 Å². The first-order chi connectivity index (χ1) is 15.5. The molecule has 3 heterocycles. The van der Waals surface area contributed by atoms with E-state index in [9.17, 15) is 4.79 Å². The Morgan fingerprint density at radius 2 is 1.91 bits per heavy atom. The van der Waals surface area contributed by atoms with Crippen molar-refractivity contribution in [3.05, 3.63) is 53.9 Å². The maximum atomic E-state index is 13.3. The number of pyridine rings is 1. The SMILES string of the molecule is CCC1CCCCN1C(=O)C(C)Sc1nnc(-c2ccncc2)n1-c1ccc(C)c(C)c1. The van der Waals surface area contributed by atoms with Crippen LogP contribution in [0.1, 0.15) is 50.7 Å². The minimum Gasteiger partial charge on any atom is -0.339 e. The molecule has 1 amide bonds. The fourth-order valence-electron chi connectivity index (χ4n) is 4.29. The molecule has 0 bridgehead atoms. The van der Waals surface area contributed by atoms with Crippen LogP contribution < -0.4 is 0 Å². The van der Waals surface area contributed by atoms with E-state index < -0.39 is 0 Å². The summed E-state index contributed by atoms with van der Waals surface area (Å²) in [6.07, 6.45) is 7.92. The van der Waals surface area contributed by atoms with Crippen molar-refractivity contribution < 1.29 is 4.79 Å². The van der Waals surface area contributed by atoms with Gasteiger partial charge in [-0.15, -0.1) is 10.2 Å². The van der Waals surface area contributed by atoms with E-state index >= 15 is 0 Å². The van der Waals surface area contributed by atoms with Gasteiger partial charge in [-0.05, 0) is 81.8 Å². The second kappa shape index (κ2) is 9.86. The van der Waals surface area contributed by atoms with Crippen LogP contribution in [0.15, 0.2) is 47.9 Å². The Kier molecular flexibility index (Phi) is 6.94. The summed E-state index contributed by atoms with van der Waals surface area (Å²) < 4.78 is 2.06. The van der Waals surface area contributed by atoms with Gasteiger partial charge in [0.25, 0.3) is 0 Å². The number of nitrogens with zero attached hydrogens (tertiary/aromatic N) is 5. The lowest BCUT2D eigenvalue weighted by Gasteiger charge is -2.36. The molecule has 4 rings (SSSR count). The minimum absolute atomic E-state index is 0.196. The highest BCUT2D eigenvalue weighted by Gasteiger charge is 2.30. The number of piperidine rings is 1. The molecule has 0 radical (unpaired) electrons. The highest BCUT2D eigenvalue weighted by atomic mass is 32.2. The molecule has 1 aliphatic rings. The number of carbonyl (C=O) groups excluding carboxylic acids is 1. The Balaban J connectivity index is 1.68. The van der Waals surface area contributed by atoms with E-state index in [1.54, 1.807) is 12.4 Å². The van der Waals surface area contributed by atoms with E-state index in [1.165, 1.54) is 29.3 Å². The van der Waals surface area contributed by atoms with Crippen molar-refractivity contribution in [1.82, 2.24) is 24.6 Å². The fourth-order valence-corrected chi connectivity index (χ4v) is 5.23. The molecule has 7 heteroatoms. The van der Waals surface area contributed by atoms with Gasteiger partial charge in [0.1, 0.15) is 0 Å². The number of benzene rings is 1. The van der Waals surface area contributed by atoms with E-state index in [1.807, 2.05) is 19.1 Å². The zero-order valence-electron chi connectivity index (χ0n) is 19.3. The van der Waals surface area contributed by atoms with Gasteiger partial charge < -0.3 is 4.90 Å². The van der Waals surface area contributed by atoms with Gasteiger partial charge in [-0.2, -0.15) is 0 Å². The minimum atomic E-state index is -0.234. The zero-order chi connectivity index (χ0) is 22.7. The van der Waals surface area contributed by atoms with Crippen LogP contribution in [0.2, 0.25) is 0 Å². The first kappa shape index (κ1) is 22.5. The third-order valence-electron chi connectivity index (χ3n) is 6.33. The molecule has 0 spiro atoms. The van der Waals surface area contributed by atoms with Gasteiger partial charge >= 0.3 is 0 Å². The molecule has 2 unspecified atom stereocenters. The predicted octanol–water partition coefficient (Wildman–Crippen LogP) is 5.22. The molecular formula is C25H31N5OS. The molecule has 0 aliphatic carbocycles. The second-order valence-electron chi connectivity index (χ2n) is 8.50. The summed E-state index contributed by atoms with van der Waals surface area (Å²) in [5.41, 5.74) is 4.38. The van der Waals surface area contributed by atoms with Gasteiger partial charge in [0.2, 0.25) is 5.91 Å². The summed E-state index contributed by atoms with van der Waals surface area (Å²) in [6.45, 7) is 9.23. The topological polar surface area (TPSA) is 63.9 Å². The Bertz CT molecular complexity index is 1080. The first-order valence-electron chi connectivity index (χ1n) is 11.4. The molecule has 0 N–H and O–H groups in total. The van der Waals surface area contributed by atoms with Crippen molar-refractivity contribution in [1.29, 1.82) is 0 Å². The van der Waals surface area contributed by atoms with E-state index in [-0.39, 0.29) is 11.2 Å². The number of rotatable bonds is 6. The normalized spacial score (nSPS) is 17.4. The highest BCUT2D eigenvalue weighted by Crippen LogP contribution is 2.32. The molecule has 6 nitrogen and oxygen atoms in total. The van der Waals surface area contributed by atoms with E-state index in [2.05, 4.69) is 63.6 Å². The van der Waals surface area contributed by atoms with E-state index in [0.717, 1.165) is 48.0 Å². The predicted molar refractivity (Wildman–Crippen MR) is 129 cm³/mol. The zero-order valence-corrected chi connectivity index (χ0v) is 20.1. The average Bonchev–Trinajstić information content (AvgIpc) is 3.24. The summed E-state index contributed by atoms with van der Waals surface area (Å²) in [7, 11) is 0. The summed E-state index contributed by atoms with van der Waals surface area (Å²) in [4.78, 5) is 19.6. The highest BCUT2D eigenvalue weighted by molar-refractivity contribution is 8.00. The fraction of sp³-hybridized carbons (Fsp3) is 0.440. The molecular weight excluding hydrogens is 418 g/mol. The quantitative estimate of drug-likeness (QED) is 0.483. The lowest BCUT2D eigenvalue weighted by atomic mass is 10.00. The maximum absolute atomic E-state index is 13.3. The van der Waals surface area contributed by atoms with Crippen molar-refractivity contribution in [2.24, 2.45) is 0 Å². The smallest absolute Gasteiger partial charge is 0.236 e. The standard InChI is InChI=1S/C25H31N5OS/c1-5-21-8-6-7-15-29(21)24(31)19(4)32-25-28-27-23(20-11-13-26-14-12-20)30(25)22-10-9-17(2)18(3)16-22/h9-14,16,19,21H,5-8,15H2,1-4H3. The van der Waals surface area contributed by atoms with Crippen LogP contribution in [0.4, 0.5) is 0 Å². The molecule has 3 aromatic rings. The Morgan fingerprint density at radius 3 is 2.62 bits per heavy atom. The number of likely N-dealkylation sites (tertiary alicyclic amines) is 1. The van der Waals surface area contributed by atoms with Crippen molar-refractivity contribution in [3.8, 4) is 17.1 Å². The van der Waals surface area contributed by atoms with Crippen molar-refractivity contribution in [2.75, 3.05) is 6.54 Å². The van der Waals surface area contributed by atoms with Crippen LogP contribution in [0.25, 0.3) is 17.1 Å². The third-order valence-corrected chi connectivity index (χ3v) is 7.36. The van der Waals surface area contributed by atoms with E-state index in [0.29, 0.717) is 6.04 Å². The molecule has 0 saturated carbocycles. The van der Waals surface area contributed by atoms with Gasteiger partial charge in [0.15, 0.2) is 11.0 Å². The number of hydrogen-bond acceptors (Lipinski definition) is 5. The van der Waals surface area contributed by atoms with Crippen molar-refractivity contribution in [3.63, 3.8) is 0 Å². The number of amides is 1. The molecule has 1 aliphatic heterocycles. The molecule has 2 atom stereocenters. The Hall–Kier alpha value is -2.67. The van der Waals surface area contributed by atoms with Crippen LogP contribution in [0.5, 0.6) is 0 Å². The van der Waals surface area contributed by atoms with Gasteiger partial charge in [0.05, 0.1) is 10.9 Å². The lowest BCUT2D eigenvalue weighted by molar-refractivity contribution is -0.134. The molecule has 2 aromatic heterocycles. The monoisotopic (exact) mass is 449 g/mol. The van der Waals surface area contributed by atoms with Crippen molar-refractivity contribution >= 4 is 17.7 Å². The second-order valence-corrected chi connectivity index (χ2v) is 9.80. The van der Waals surface area contributed by atoms with Crippen LogP contribution in [-0.2, 0) is 4.79 Å². The summed E-state index contributed by atoms with van der Waals surface area (Å²) in [5, 5.41) is 9.52. The molecule has 1 fully saturated rings. The van der Waals surface area contributed by atoms with Gasteiger partial charge in [-0.1, -0.05) is 24.8 Å². The third kappa shape index (κ3) is 4.58. The summed E-state index contributed by atoms with van der Waals surface area (Å²) in [5.74, 6) is 0.948. The molecule has 1 saturated heterocycles. The Labute approximate surface area is 194 Å². The van der Waals surface area contributed by atoms with Crippen molar-refractivity contribution in [2.45, 2.75) is 69.8 Å². The molecule has 32 heavy (non-hydrogen) atoms.